The molecule has 4 heteroatoms. The highest BCUT2D eigenvalue weighted by molar-refractivity contribution is 9.10. The maximum atomic E-state index is 6.04. The summed E-state index contributed by atoms with van der Waals surface area (Å²) in [6.45, 7) is 0. The zero-order valence-corrected chi connectivity index (χ0v) is 10.6. The van der Waals surface area contributed by atoms with E-state index in [0.717, 1.165) is 15.9 Å². The molecule has 0 aliphatic carbocycles. The molecule has 0 aliphatic rings. The Balaban J connectivity index is 2.58. The van der Waals surface area contributed by atoms with Crippen LogP contribution in [0, 0.1) is 6.07 Å². The largest absolute Gasteiger partial charge is 0.241 e. The normalized spacial score (nSPS) is 10.3. The van der Waals surface area contributed by atoms with Crippen molar-refractivity contribution in [1.29, 1.82) is 0 Å². The Morgan fingerprint density at radius 3 is 2.80 bits per heavy atom. The van der Waals surface area contributed by atoms with E-state index in [1.807, 2.05) is 18.2 Å². The molecule has 1 aromatic carbocycles. The van der Waals surface area contributed by atoms with Crippen molar-refractivity contribution in [2.45, 2.75) is 0 Å². The topological polar surface area (TPSA) is 12.9 Å². The minimum absolute atomic E-state index is 0.524. The van der Waals surface area contributed by atoms with Gasteiger partial charge in [0.25, 0.3) is 0 Å². The molecule has 0 N–H and O–H groups in total. The summed E-state index contributed by atoms with van der Waals surface area (Å²) in [5.41, 5.74) is 1.59. The Kier molecular flexibility index (Phi) is 3.29. The molecule has 0 saturated carbocycles. The molecule has 1 heterocycles. The van der Waals surface area contributed by atoms with Crippen molar-refractivity contribution in [3.63, 3.8) is 0 Å². The first-order chi connectivity index (χ1) is 7.16. The first-order valence-corrected chi connectivity index (χ1v) is 5.71. The number of halogens is 3. The second-order valence-corrected chi connectivity index (χ2v) is 4.51. The Labute approximate surface area is 106 Å². The van der Waals surface area contributed by atoms with Crippen LogP contribution in [0.3, 0.4) is 0 Å². The van der Waals surface area contributed by atoms with Crippen molar-refractivity contribution in [3.8, 4) is 11.3 Å². The molecule has 1 aromatic heterocycles. The summed E-state index contributed by atoms with van der Waals surface area (Å²) < 4.78 is 0.764. The molecule has 75 valence electrons. The molecule has 0 unspecified atom stereocenters. The van der Waals surface area contributed by atoms with Gasteiger partial charge in [-0.3, -0.25) is 0 Å². The highest BCUT2D eigenvalue weighted by Gasteiger charge is 2.05. The van der Waals surface area contributed by atoms with E-state index in [2.05, 4.69) is 27.0 Å². The summed E-state index contributed by atoms with van der Waals surface area (Å²) in [6.07, 6.45) is 0. The van der Waals surface area contributed by atoms with Gasteiger partial charge >= 0.3 is 0 Å². The highest BCUT2D eigenvalue weighted by Crippen LogP contribution is 2.29. The van der Waals surface area contributed by atoms with Gasteiger partial charge in [0.15, 0.2) is 0 Å². The van der Waals surface area contributed by atoms with Crippen LogP contribution in [0.4, 0.5) is 0 Å². The Hall–Kier alpha value is -0.570. The Morgan fingerprint density at radius 2 is 2.07 bits per heavy atom. The van der Waals surface area contributed by atoms with Crippen LogP contribution < -0.4 is 0 Å². The number of benzene rings is 1. The van der Waals surface area contributed by atoms with Crippen LogP contribution in [0.15, 0.2) is 34.9 Å². The van der Waals surface area contributed by atoms with Crippen molar-refractivity contribution in [2.75, 3.05) is 0 Å². The van der Waals surface area contributed by atoms with E-state index >= 15 is 0 Å². The maximum Gasteiger partial charge on any atom is 0.106 e. The van der Waals surface area contributed by atoms with Crippen molar-refractivity contribution in [3.05, 3.63) is 51.0 Å². The third kappa shape index (κ3) is 2.51. The fraction of sp³-hybridized carbons (Fsp3) is 0. The highest BCUT2D eigenvalue weighted by atomic mass is 79.9. The lowest BCUT2D eigenvalue weighted by atomic mass is 10.1. The molecule has 0 saturated heterocycles. The molecular formula is C11H5BrCl2N. The van der Waals surface area contributed by atoms with Gasteiger partial charge in [0.05, 0.1) is 10.7 Å². The van der Waals surface area contributed by atoms with Gasteiger partial charge in [-0.25, -0.2) is 4.98 Å². The molecule has 0 bridgehead atoms. The number of hydrogen-bond donors (Lipinski definition) is 0. The quantitative estimate of drug-likeness (QED) is 0.701. The van der Waals surface area contributed by atoms with Crippen LogP contribution in [-0.4, -0.2) is 4.98 Å². The van der Waals surface area contributed by atoms with Crippen molar-refractivity contribution in [2.24, 2.45) is 0 Å². The van der Waals surface area contributed by atoms with Crippen LogP contribution in [0.2, 0.25) is 10.0 Å². The summed E-state index contributed by atoms with van der Waals surface area (Å²) >= 11 is 15.2. The van der Waals surface area contributed by atoms with E-state index in [1.165, 1.54) is 0 Å². The third-order valence-corrected chi connectivity index (χ3v) is 2.83. The molecule has 2 rings (SSSR count). The van der Waals surface area contributed by atoms with E-state index in [9.17, 15) is 0 Å². The van der Waals surface area contributed by atoms with E-state index in [-0.39, 0.29) is 0 Å². The fourth-order valence-corrected chi connectivity index (χ4v) is 1.92. The van der Waals surface area contributed by atoms with Crippen LogP contribution in [0.1, 0.15) is 0 Å². The summed E-state index contributed by atoms with van der Waals surface area (Å²) in [7, 11) is 0. The minimum Gasteiger partial charge on any atom is -0.241 e. The lowest BCUT2D eigenvalue weighted by molar-refractivity contribution is 1.28. The van der Waals surface area contributed by atoms with Crippen LogP contribution in [-0.2, 0) is 0 Å². The average molecular weight is 302 g/mol. The fourth-order valence-electron chi connectivity index (χ4n) is 1.20. The van der Waals surface area contributed by atoms with Crippen molar-refractivity contribution < 1.29 is 0 Å². The number of pyridine rings is 1. The first kappa shape index (κ1) is 10.9. The molecule has 0 amide bonds. The molecule has 0 fully saturated rings. The second-order valence-electron chi connectivity index (χ2n) is 2.89. The van der Waals surface area contributed by atoms with E-state index in [1.54, 1.807) is 12.1 Å². The van der Waals surface area contributed by atoms with Gasteiger partial charge in [0.1, 0.15) is 4.60 Å². The van der Waals surface area contributed by atoms with Gasteiger partial charge in [-0.05, 0) is 40.2 Å². The van der Waals surface area contributed by atoms with E-state index < -0.39 is 0 Å². The van der Waals surface area contributed by atoms with E-state index in [0.29, 0.717) is 10.0 Å². The molecular weight excluding hydrogens is 297 g/mol. The summed E-state index contributed by atoms with van der Waals surface area (Å²) in [6, 6.07) is 11.8. The molecule has 1 radical (unpaired) electrons. The molecule has 2 aromatic rings. The molecule has 1 nitrogen and oxygen atoms in total. The van der Waals surface area contributed by atoms with Crippen LogP contribution in [0.25, 0.3) is 11.3 Å². The predicted molar refractivity (Wildman–Crippen MR) is 66.2 cm³/mol. The van der Waals surface area contributed by atoms with Gasteiger partial charge < -0.3 is 0 Å². The van der Waals surface area contributed by atoms with Gasteiger partial charge in [-0.15, -0.1) is 0 Å². The average Bonchev–Trinajstić information content (AvgIpc) is 2.22. The number of aromatic nitrogens is 1. The Morgan fingerprint density at radius 1 is 1.27 bits per heavy atom. The zero-order chi connectivity index (χ0) is 10.8. The Bertz CT molecular complexity index is 500. The lowest BCUT2D eigenvalue weighted by Crippen LogP contribution is -1.85. The zero-order valence-electron chi connectivity index (χ0n) is 7.47. The lowest BCUT2D eigenvalue weighted by Gasteiger charge is -2.04. The maximum absolute atomic E-state index is 6.04. The van der Waals surface area contributed by atoms with Crippen molar-refractivity contribution >= 4 is 39.1 Å². The second kappa shape index (κ2) is 4.52. The monoisotopic (exact) mass is 300 g/mol. The minimum atomic E-state index is 0.524. The molecule has 0 spiro atoms. The number of rotatable bonds is 1. The number of hydrogen-bond acceptors (Lipinski definition) is 1. The smallest absolute Gasteiger partial charge is 0.106 e. The first-order valence-electron chi connectivity index (χ1n) is 4.16. The molecule has 15 heavy (non-hydrogen) atoms. The van der Waals surface area contributed by atoms with Gasteiger partial charge in [-0.2, -0.15) is 0 Å². The molecule has 0 atom stereocenters. The third-order valence-electron chi connectivity index (χ3n) is 1.86. The van der Waals surface area contributed by atoms with Crippen molar-refractivity contribution in [1.82, 2.24) is 4.98 Å². The van der Waals surface area contributed by atoms with Crippen LogP contribution >= 0.6 is 39.1 Å². The number of nitrogens with zero attached hydrogens (tertiary/aromatic N) is 1. The van der Waals surface area contributed by atoms with Gasteiger partial charge in [0.2, 0.25) is 0 Å². The SMILES string of the molecule is Clc1[c]cc(Cl)c(-c2cccc(Br)n2)c1. The predicted octanol–water partition coefficient (Wildman–Crippen LogP) is 4.62. The van der Waals surface area contributed by atoms with Crippen LogP contribution in [0.5, 0.6) is 0 Å². The van der Waals surface area contributed by atoms with E-state index in [4.69, 9.17) is 23.2 Å². The summed E-state index contributed by atoms with van der Waals surface area (Å²) in [5, 5.41) is 1.11. The van der Waals surface area contributed by atoms with Gasteiger partial charge in [0, 0.05) is 16.7 Å². The summed E-state index contributed by atoms with van der Waals surface area (Å²) in [4.78, 5) is 4.31. The van der Waals surface area contributed by atoms with Gasteiger partial charge in [-0.1, -0.05) is 29.3 Å². The standard InChI is InChI=1S/C11H5BrCl2N/c12-11-3-1-2-10(15-11)8-6-7(13)4-5-9(8)14/h1-3,5-6H. The summed E-state index contributed by atoms with van der Waals surface area (Å²) in [5.74, 6) is 0. The molecule has 0 aliphatic heterocycles.